The second kappa shape index (κ2) is 6.84. The van der Waals surface area contributed by atoms with Gasteiger partial charge < -0.3 is 4.90 Å². The fraction of sp³-hybridized carbons (Fsp3) is 0.316. The maximum absolute atomic E-state index is 12.6. The van der Waals surface area contributed by atoms with Crippen molar-refractivity contribution < 1.29 is 9.42 Å². The Balaban J connectivity index is 1.37. The smallest absolute Gasteiger partial charge is 0.226 e. The fourth-order valence-electron chi connectivity index (χ4n) is 3.45. The van der Waals surface area contributed by atoms with E-state index >= 15 is 0 Å². The van der Waals surface area contributed by atoms with Crippen LogP contribution in [0.15, 0.2) is 47.1 Å². The van der Waals surface area contributed by atoms with E-state index in [1.807, 2.05) is 41.3 Å². The zero-order valence-corrected chi connectivity index (χ0v) is 14.4. The number of halogens is 1. The van der Waals surface area contributed by atoms with Crippen LogP contribution in [-0.2, 0) is 11.2 Å². The predicted molar refractivity (Wildman–Crippen MR) is 95.5 cm³/mol. The van der Waals surface area contributed by atoms with E-state index in [9.17, 15) is 4.79 Å². The lowest BCUT2D eigenvalue weighted by Gasteiger charge is -2.32. The van der Waals surface area contributed by atoms with Crippen LogP contribution < -0.4 is 0 Å². The highest BCUT2D eigenvalue weighted by atomic mass is 35.5. The molecule has 128 valence electrons. The van der Waals surface area contributed by atoms with Crippen LogP contribution in [0.1, 0.15) is 29.9 Å². The molecule has 3 aromatic rings. The van der Waals surface area contributed by atoms with Crippen molar-refractivity contribution in [1.82, 2.24) is 15.2 Å². The van der Waals surface area contributed by atoms with Gasteiger partial charge in [-0.25, -0.2) is 4.63 Å². The number of carbonyl (C=O) groups is 1. The number of nitrogens with zero attached hydrogens (tertiary/aromatic N) is 3. The zero-order chi connectivity index (χ0) is 17.2. The van der Waals surface area contributed by atoms with Gasteiger partial charge in [0.25, 0.3) is 0 Å². The SMILES string of the molecule is O=C(Cc1ccc2nonc2c1)N1CCC(c2cccc(Cl)c2)CC1. The summed E-state index contributed by atoms with van der Waals surface area (Å²) in [5.74, 6) is 0.626. The average Bonchev–Trinajstić information content (AvgIpc) is 3.09. The summed E-state index contributed by atoms with van der Waals surface area (Å²) in [5, 5.41) is 8.38. The second-order valence-electron chi connectivity index (χ2n) is 6.47. The minimum atomic E-state index is 0.153. The van der Waals surface area contributed by atoms with Gasteiger partial charge in [0.05, 0.1) is 6.42 Å². The number of hydrogen-bond acceptors (Lipinski definition) is 4. The Morgan fingerprint density at radius 3 is 2.72 bits per heavy atom. The monoisotopic (exact) mass is 355 g/mol. The first kappa shape index (κ1) is 16.1. The normalized spacial score (nSPS) is 15.6. The number of aromatic nitrogens is 2. The summed E-state index contributed by atoms with van der Waals surface area (Å²) in [6.07, 6.45) is 2.32. The molecule has 25 heavy (non-hydrogen) atoms. The molecule has 1 saturated heterocycles. The predicted octanol–water partition coefficient (Wildman–Crippen LogP) is 3.82. The lowest BCUT2D eigenvalue weighted by molar-refractivity contribution is -0.131. The molecule has 0 saturated carbocycles. The Kier molecular flexibility index (Phi) is 4.40. The molecule has 1 amide bonds. The van der Waals surface area contributed by atoms with Crippen molar-refractivity contribution in [1.29, 1.82) is 0 Å². The second-order valence-corrected chi connectivity index (χ2v) is 6.91. The summed E-state index contributed by atoms with van der Waals surface area (Å²) in [5.41, 5.74) is 3.59. The summed E-state index contributed by atoms with van der Waals surface area (Å²) >= 11 is 6.09. The van der Waals surface area contributed by atoms with Crippen molar-refractivity contribution in [2.45, 2.75) is 25.2 Å². The zero-order valence-electron chi connectivity index (χ0n) is 13.7. The molecule has 1 fully saturated rings. The Morgan fingerprint density at radius 1 is 1.12 bits per heavy atom. The highest BCUT2D eigenvalue weighted by Gasteiger charge is 2.24. The molecule has 0 radical (unpaired) electrons. The third-order valence-electron chi connectivity index (χ3n) is 4.84. The molecule has 2 aromatic carbocycles. The van der Waals surface area contributed by atoms with Crippen LogP contribution in [-0.4, -0.2) is 34.2 Å². The summed E-state index contributed by atoms with van der Waals surface area (Å²) < 4.78 is 4.70. The summed E-state index contributed by atoms with van der Waals surface area (Å²) in [7, 11) is 0. The van der Waals surface area contributed by atoms with Crippen LogP contribution in [0.5, 0.6) is 0 Å². The molecule has 1 aliphatic heterocycles. The molecule has 5 nitrogen and oxygen atoms in total. The number of hydrogen-bond donors (Lipinski definition) is 0. The standard InChI is InChI=1S/C19H18ClN3O2/c20-16-3-1-2-15(12-16)14-6-8-23(9-7-14)19(24)11-13-4-5-17-18(10-13)22-25-21-17/h1-5,10,12,14H,6-9,11H2. The summed E-state index contributed by atoms with van der Waals surface area (Å²) in [6, 6.07) is 13.6. The molecule has 2 heterocycles. The lowest BCUT2D eigenvalue weighted by atomic mass is 9.89. The lowest BCUT2D eigenvalue weighted by Crippen LogP contribution is -2.38. The van der Waals surface area contributed by atoms with Gasteiger partial charge in [0, 0.05) is 18.1 Å². The molecule has 0 bridgehead atoms. The van der Waals surface area contributed by atoms with Crippen LogP contribution in [0.25, 0.3) is 11.0 Å². The van der Waals surface area contributed by atoms with Crippen LogP contribution in [0.4, 0.5) is 0 Å². The largest absolute Gasteiger partial charge is 0.342 e. The Morgan fingerprint density at radius 2 is 1.92 bits per heavy atom. The highest BCUT2D eigenvalue weighted by molar-refractivity contribution is 6.30. The minimum Gasteiger partial charge on any atom is -0.342 e. The Bertz CT molecular complexity index is 900. The van der Waals surface area contributed by atoms with Gasteiger partial charge in [-0.3, -0.25) is 4.79 Å². The minimum absolute atomic E-state index is 0.153. The van der Waals surface area contributed by atoms with E-state index in [1.54, 1.807) is 0 Å². The summed E-state index contributed by atoms with van der Waals surface area (Å²) in [4.78, 5) is 14.5. The summed E-state index contributed by atoms with van der Waals surface area (Å²) in [6.45, 7) is 1.56. The molecule has 1 aliphatic rings. The van der Waals surface area contributed by atoms with Gasteiger partial charge in [-0.1, -0.05) is 29.8 Å². The quantitative estimate of drug-likeness (QED) is 0.716. The van der Waals surface area contributed by atoms with Gasteiger partial charge in [-0.05, 0) is 64.5 Å². The maximum Gasteiger partial charge on any atom is 0.226 e. The Labute approximate surface area is 150 Å². The number of benzene rings is 2. The molecular formula is C19H18ClN3O2. The van der Waals surface area contributed by atoms with Gasteiger partial charge in [-0.2, -0.15) is 0 Å². The third-order valence-corrected chi connectivity index (χ3v) is 5.08. The van der Waals surface area contributed by atoms with E-state index in [0.717, 1.165) is 36.5 Å². The molecule has 0 aliphatic carbocycles. The number of piperidine rings is 1. The van der Waals surface area contributed by atoms with Crippen molar-refractivity contribution in [3.63, 3.8) is 0 Å². The first-order valence-corrected chi connectivity index (χ1v) is 8.81. The van der Waals surface area contributed by atoms with Crippen LogP contribution >= 0.6 is 11.6 Å². The molecule has 0 atom stereocenters. The first-order chi connectivity index (χ1) is 12.2. The third kappa shape index (κ3) is 3.51. The van der Waals surface area contributed by atoms with Crippen molar-refractivity contribution in [3.8, 4) is 0 Å². The van der Waals surface area contributed by atoms with Gasteiger partial charge >= 0.3 is 0 Å². The fourth-order valence-corrected chi connectivity index (χ4v) is 3.65. The highest BCUT2D eigenvalue weighted by Crippen LogP contribution is 2.29. The molecule has 0 unspecified atom stereocenters. The molecule has 4 rings (SSSR count). The van der Waals surface area contributed by atoms with Gasteiger partial charge in [0.15, 0.2) is 0 Å². The molecule has 0 N–H and O–H groups in total. The number of carbonyl (C=O) groups excluding carboxylic acids is 1. The van der Waals surface area contributed by atoms with E-state index in [-0.39, 0.29) is 5.91 Å². The molecular weight excluding hydrogens is 338 g/mol. The van der Waals surface area contributed by atoms with Crippen LogP contribution in [0, 0.1) is 0 Å². The molecule has 1 aromatic heterocycles. The van der Waals surface area contributed by atoms with E-state index in [2.05, 4.69) is 16.4 Å². The number of amides is 1. The van der Waals surface area contributed by atoms with E-state index in [0.29, 0.717) is 23.4 Å². The number of rotatable bonds is 3. The van der Waals surface area contributed by atoms with E-state index in [4.69, 9.17) is 16.2 Å². The van der Waals surface area contributed by atoms with E-state index < -0.39 is 0 Å². The van der Waals surface area contributed by atoms with Gasteiger partial charge in [0.2, 0.25) is 5.91 Å². The van der Waals surface area contributed by atoms with Gasteiger partial charge in [-0.15, -0.1) is 0 Å². The molecule has 0 spiro atoms. The average molecular weight is 356 g/mol. The maximum atomic E-state index is 12.6. The van der Waals surface area contributed by atoms with Crippen LogP contribution in [0.2, 0.25) is 5.02 Å². The topological polar surface area (TPSA) is 59.2 Å². The van der Waals surface area contributed by atoms with Crippen molar-refractivity contribution in [2.75, 3.05) is 13.1 Å². The van der Waals surface area contributed by atoms with Crippen molar-refractivity contribution >= 4 is 28.5 Å². The number of likely N-dealkylation sites (tertiary alicyclic amines) is 1. The number of fused-ring (bicyclic) bond motifs is 1. The molecule has 6 heteroatoms. The Hall–Kier alpha value is -2.40. The first-order valence-electron chi connectivity index (χ1n) is 8.43. The van der Waals surface area contributed by atoms with Crippen molar-refractivity contribution in [2.24, 2.45) is 0 Å². The van der Waals surface area contributed by atoms with E-state index in [1.165, 1.54) is 5.56 Å². The van der Waals surface area contributed by atoms with Gasteiger partial charge in [0.1, 0.15) is 11.0 Å². The van der Waals surface area contributed by atoms with Crippen LogP contribution in [0.3, 0.4) is 0 Å². The van der Waals surface area contributed by atoms with Crippen molar-refractivity contribution in [3.05, 3.63) is 58.6 Å².